The van der Waals surface area contributed by atoms with Gasteiger partial charge in [0.2, 0.25) is 0 Å². The van der Waals surface area contributed by atoms with Crippen LogP contribution in [0.4, 0.5) is 13.2 Å². The fraction of sp³-hybridized carbons (Fsp3) is 0.333. The van der Waals surface area contributed by atoms with Gasteiger partial charge in [-0.2, -0.15) is 0 Å². The lowest BCUT2D eigenvalue weighted by atomic mass is 10.1. The highest BCUT2D eigenvalue weighted by Gasteiger charge is 2.31. The second-order valence-corrected chi connectivity index (χ2v) is 3.10. The number of rotatable bonds is 3. The smallest absolute Gasteiger partial charge is 0.406 e. The maximum absolute atomic E-state index is 11.8. The summed E-state index contributed by atoms with van der Waals surface area (Å²) in [4.78, 5) is 0. The Morgan fingerprint density at radius 2 is 2.07 bits per heavy atom. The first-order valence-electron chi connectivity index (χ1n) is 4.02. The quantitative estimate of drug-likeness (QED) is 0.824. The van der Waals surface area contributed by atoms with Crippen LogP contribution in [0.3, 0.4) is 0 Å². The number of halogens is 4. The summed E-state index contributed by atoms with van der Waals surface area (Å²) in [5, 5.41) is 9.28. The third-order valence-corrected chi connectivity index (χ3v) is 1.91. The van der Waals surface area contributed by atoms with E-state index < -0.39 is 12.5 Å². The topological polar surface area (TPSA) is 29.5 Å². The van der Waals surface area contributed by atoms with Gasteiger partial charge in [0, 0.05) is 0 Å². The highest BCUT2D eigenvalue weighted by atomic mass is 35.5. The summed E-state index contributed by atoms with van der Waals surface area (Å²) in [6.45, 7) is 0. The minimum atomic E-state index is -4.73. The molecule has 1 rings (SSSR count). The monoisotopic (exact) mass is 240 g/mol. The molecule has 84 valence electrons. The molecule has 1 aromatic carbocycles. The lowest BCUT2D eigenvalue weighted by molar-refractivity contribution is -0.274. The second kappa shape index (κ2) is 4.72. The molecule has 0 radical (unpaired) electrons. The van der Waals surface area contributed by atoms with E-state index in [0.29, 0.717) is 0 Å². The molecular formula is C9H8ClF3O2. The van der Waals surface area contributed by atoms with Gasteiger partial charge < -0.3 is 9.84 Å². The van der Waals surface area contributed by atoms with Crippen molar-refractivity contribution in [2.45, 2.75) is 12.5 Å². The minimum absolute atomic E-state index is 0.0878. The van der Waals surface area contributed by atoms with Crippen molar-refractivity contribution >= 4 is 11.6 Å². The normalized spacial score (nSPS) is 13.7. The van der Waals surface area contributed by atoms with E-state index in [9.17, 15) is 18.3 Å². The van der Waals surface area contributed by atoms with Crippen LogP contribution in [-0.2, 0) is 0 Å². The average molecular weight is 241 g/mol. The number of alkyl halides is 4. The zero-order chi connectivity index (χ0) is 11.5. The largest absolute Gasteiger partial charge is 0.573 e. The average Bonchev–Trinajstić information content (AvgIpc) is 2.14. The summed E-state index contributed by atoms with van der Waals surface area (Å²) >= 11 is 5.36. The van der Waals surface area contributed by atoms with Crippen LogP contribution in [0.25, 0.3) is 0 Å². The Morgan fingerprint density at radius 1 is 1.40 bits per heavy atom. The Morgan fingerprint density at radius 3 is 2.60 bits per heavy atom. The van der Waals surface area contributed by atoms with Gasteiger partial charge in [-0.15, -0.1) is 24.8 Å². The predicted molar refractivity (Wildman–Crippen MR) is 48.8 cm³/mol. The van der Waals surface area contributed by atoms with E-state index in [-0.39, 0.29) is 17.2 Å². The number of aliphatic hydroxyl groups is 1. The van der Waals surface area contributed by atoms with Gasteiger partial charge in [-0.25, -0.2) is 0 Å². The zero-order valence-electron chi connectivity index (χ0n) is 7.46. The molecular weight excluding hydrogens is 233 g/mol. The van der Waals surface area contributed by atoms with Crippen LogP contribution in [0.1, 0.15) is 11.7 Å². The highest BCUT2D eigenvalue weighted by Crippen LogP contribution is 2.25. The fourth-order valence-corrected chi connectivity index (χ4v) is 1.19. The van der Waals surface area contributed by atoms with Crippen molar-refractivity contribution in [2.24, 2.45) is 0 Å². The van der Waals surface area contributed by atoms with Crippen molar-refractivity contribution in [3.63, 3.8) is 0 Å². The van der Waals surface area contributed by atoms with Crippen molar-refractivity contribution in [3.05, 3.63) is 29.8 Å². The first kappa shape index (κ1) is 12.1. The first-order valence-corrected chi connectivity index (χ1v) is 4.55. The molecule has 0 saturated carbocycles. The Balaban J connectivity index is 2.83. The molecule has 6 heteroatoms. The Bertz CT molecular complexity index is 327. The fourth-order valence-electron chi connectivity index (χ4n) is 1.01. The number of ether oxygens (including phenoxy) is 1. The molecule has 0 saturated heterocycles. The number of aliphatic hydroxyl groups excluding tert-OH is 1. The van der Waals surface area contributed by atoms with Crippen LogP contribution >= 0.6 is 11.6 Å². The van der Waals surface area contributed by atoms with Crippen LogP contribution in [0.15, 0.2) is 24.3 Å². The summed E-state index contributed by atoms with van der Waals surface area (Å²) < 4.78 is 39.2. The molecule has 0 heterocycles. The van der Waals surface area contributed by atoms with Gasteiger partial charge in [-0.05, 0) is 17.7 Å². The van der Waals surface area contributed by atoms with Crippen LogP contribution in [0.2, 0.25) is 0 Å². The van der Waals surface area contributed by atoms with Gasteiger partial charge in [-0.1, -0.05) is 12.1 Å². The maximum Gasteiger partial charge on any atom is 0.573 e. The Hall–Kier alpha value is -0.940. The van der Waals surface area contributed by atoms with Gasteiger partial charge in [0.05, 0.1) is 12.0 Å². The molecule has 0 aliphatic carbocycles. The highest BCUT2D eigenvalue weighted by molar-refractivity contribution is 6.18. The number of benzene rings is 1. The molecule has 1 atom stereocenters. The van der Waals surface area contributed by atoms with Crippen LogP contribution in [0.5, 0.6) is 5.75 Å². The van der Waals surface area contributed by atoms with Crippen LogP contribution in [0, 0.1) is 0 Å². The molecule has 0 spiro atoms. The molecule has 0 bridgehead atoms. The van der Waals surface area contributed by atoms with Gasteiger partial charge in [-0.3, -0.25) is 0 Å². The molecule has 0 aromatic heterocycles. The van der Waals surface area contributed by atoms with Crippen LogP contribution < -0.4 is 4.74 Å². The van der Waals surface area contributed by atoms with Gasteiger partial charge >= 0.3 is 6.36 Å². The number of hydrogen-bond acceptors (Lipinski definition) is 2. The van der Waals surface area contributed by atoms with E-state index in [4.69, 9.17) is 11.6 Å². The summed E-state index contributed by atoms with van der Waals surface area (Å²) in [6.07, 6.45) is -5.73. The van der Waals surface area contributed by atoms with Gasteiger partial charge in [0.25, 0.3) is 0 Å². The van der Waals surface area contributed by atoms with E-state index >= 15 is 0 Å². The molecule has 0 amide bonds. The molecule has 15 heavy (non-hydrogen) atoms. The van der Waals surface area contributed by atoms with E-state index in [1.54, 1.807) is 0 Å². The minimum Gasteiger partial charge on any atom is -0.406 e. The predicted octanol–water partition coefficient (Wildman–Crippen LogP) is 2.86. The lowest BCUT2D eigenvalue weighted by Crippen LogP contribution is -2.17. The van der Waals surface area contributed by atoms with E-state index in [2.05, 4.69) is 4.74 Å². The summed E-state index contributed by atoms with van der Waals surface area (Å²) in [5.41, 5.74) is 0.284. The van der Waals surface area contributed by atoms with E-state index in [1.807, 2.05) is 0 Å². The molecule has 0 aliphatic rings. The zero-order valence-corrected chi connectivity index (χ0v) is 8.22. The molecule has 0 fully saturated rings. The Labute approximate surface area is 89.2 Å². The molecule has 1 N–H and O–H groups in total. The molecule has 0 aliphatic heterocycles. The van der Waals surface area contributed by atoms with Gasteiger partial charge in [0.15, 0.2) is 0 Å². The Kier molecular flexibility index (Phi) is 3.82. The van der Waals surface area contributed by atoms with Crippen molar-refractivity contribution < 1.29 is 23.0 Å². The van der Waals surface area contributed by atoms with Gasteiger partial charge in [0.1, 0.15) is 5.75 Å². The third kappa shape index (κ3) is 3.97. The summed E-state index contributed by atoms with van der Waals surface area (Å²) in [5.74, 6) is -0.459. The van der Waals surface area contributed by atoms with Crippen molar-refractivity contribution in [3.8, 4) is 5.75 Å². The van der Waals surface area contributed by atoms with E-state index in [1.165, 1.54) is 12.1 Å². The van der Waals surface area contributed by atoms with Crippen molar-refractivity contribution in [1.82, 2.24) is 0 Å². The van der Waals surface area contributed by atoms with E-state index in [0.717, 1.165) is 12.1 Å². The summed E-state index contributed by atoms with van der Waals surface area (Å²) in [7, 11) is 0. The van der Waals surface area contributed by atoms with Crippen LogP contribution in [-0.4, -0.2) is 17.3 Å². The first-order chi connectivity index (χ1) is 6.92. The molecule has 2 nitrogen and oxygen atoms in total. The van der Waals surface area contributed by atoms with Crippen molar-refractivity contribution in [2.75, 3.05) is 5.88 Å². The third-order valence-electron chi connectivity index (χ3n) is 1.62. The molecule has 1 aromatic rings. The maximum atomic E-state index is 11.8. The van der Waals surface area contributed by atoms with Crippen molar-refractivity contribution in [1.29, 1.82) is 0 Å². The number of hydrogen-bond donors (Lipinski definition) is 1. The SMILES string of the molecule is O[C@@H](CCl)c1cccc(OC(F)(F)F)c1. The second-order valence-electron chi connectivity index (χ2n) is 2.79. The lowest BCUT2D eigenvalue weighted by Gasteiger charge is -2.11. The molecule has 0 unspecified atom stereocenters. The summed E-state index contributed by atoms with van der Waals surface area (Å²) in [6, 6.07) is 5.07. The standard InChI is InChI=1S/C9H8ClF3O2/c10-5-8(14)6-2-1-3-7(4-6)15-9(11,12)13/h1-4,8,14H,5H2/t8-/m0/s1.